The molecule has 0 saturated heterocycles. The number of rotatable bonds is 3. The number of aliphatic carboxylic acids is 1. The number of hydrogen-bond donors (Lipinski definition) is 3. The van der Waals surface area contributed by atoms with E-state index >= 15 is 0 Å². The minimum atomic E-state index is -2.82. The van der Waals surface area contributed by atoms with E-state index in [1.807, 2.05) is 0 Å². The van der Waals surface area contributed by atoms with E-state index in [0.717, 1.165) is 6.07 Å². The first-order valence-electron chi connectivity index (χ1n) is 3.96. The Hall–Kier alpha value is -1.92. The molecule has 0 aliphatic heterocycles. The first-order valence-corrected chi connectivity index (χ1v) is 3.96. The Bertz CT molecular complexity index is 396. The van der Waals surface area contributed by atoms with Gasteiger partial charge in [-0.25, -0.2) is 13.8 Å². The van der Waals surface area contributed by atoms with Crippen LogP contribution >= 0.6 is 0 Å². The molecule has 82 valence electrons. The molecule has 0 atom stereocenters. The number of nitrogens with two attached hydrogens (primary N) is 2. The number of nitrogen functional groups attached to an aromatic ring is 2. The molecule has 0 aliphatic carbocycles. The number of anilines is 2. The van der Waals surface area contributed by atoms with Crippen molar-refractivity contribution in [2.75, 3.05) is 11.5 Å². The van der Waals surface area contributed by atoms with Gasteiger partial charge in [0.15, 0.2) is 0 Å². The molecule has 0 saturated carbocycles. The van der Waals surface area contributed by atoms with Crippen LogP contribution < -0.4 is 11.5 Å². The van der Waals surface area contributed by atoms with Gasteiger partial charge in [-0.2, -0.15) is 0 Å². The van der Waals surface area contributed by atoms with Gasteiger partial charge in [0.1, 0.15) is 5.82 Å². The number of carbonyl (C=O) groups is 1. The molecule has 0 radical (unpaired) electrons. The summed E-state index contributed by atoms with van der Waals surface area (Å²) in [6.45, 7) is 0. The van der Waals surface area contributed by atoms with Crippen LogP contribution in [0.2, 0.25) is 0 Å². The number of carboxylic acid groups (broad SMARTS) is 1. The standard InChI is InChI=1S/C8H9F2N3O2/c9-7(10)3-1-4(11)8(12)13-5(3)2-6(14)15/h1,7H,2,11H2,(H2,12,13)(H,14,15). The molecule has 0 unspecified atom stereocenters. The van der Waals surface area contributed by atoms with Gasteiger partial charge in [-0.1, -0.05) is 0 Å². The highest BCUT2D eigenvalue weighted by Crippen LogP contribution is 2.26. The molecule has 0 fully saturated rings. The summed E-state index contributed by atoms with van der Waals surface area (Å²) in [4.78, 5) is 13.9. The van der Waals surface area contributed by atoms with Crippen LogP contribution in [0.1, 0.15) is 17.7 Å². The van der Waals surface area contributed by atoms with Crippen molar-refractivity contribution >= 4 is 17.5 Å². The van der Waals surface area contributed by atoms with Gasteiger partial charge in [0.05, 0.1) is 17.8 Å². The van der Waals surface area contributed by atoms with E-state index in [1.54, 1.807) is 0 Å². The van der Waals surface area contributed by atoms with Crippen LogP contribution in [0.5, 0.6) is 0 Å². The molecular weight excluding hydrogens is 208 g/mol. The molecule has 0 aromatic carbocycles. The van der Waals surface area contributed by atoms with Crippen molar-refractivity contribution in [2.24, 2.45) is 0 Å². The van der Waals surface area contributed by atoms with E-state index in [0.29, 0.717) is 0 Å². The van der Waals surface area contributed by atoms with Crippen molar-refractivity contribution in [1.82, 2.24) is 4.98 Å². The first kappa shape index (κ1) is 11.2. The van der Waals surface area contributed by atoms with Gasteiger partial charge >= 0.3 is 5.97 Å². The average molecular weight is 217 g/mol. The van der Waals surface area contributed by atoms with Gasteiger partial charge in [-0.05, 0) is 6.07 Å². The lowest BCUT2D eigenvalue weighted by molar-refractivity contribution is -0.136. The van der Waals surface area contributed by atoms with Gasteiger partial charge < -0.3 is 16.6 Å². The largest absolute Gasteiger partial charge is 0.481 e. The molecule has 1 aromatic heterocycles. The van der Waals surface area contributed by atoms with E-state index < -0.39 is 24.4 Å². The van der Waals surface area contributed by atoms with Crippen LogP contribution in [0.25, 0.3) is 0 Å². The summed E-state index contributed by atoms with van der Waals surface area (Å²) in [5.74, 6) is -1.40. The van der Waals surface area contributed by atoms with Crippen molar-refractivity contribution in [1.29, 1.82) is 0 Å². The van der Waals surface area contributed by atoms with Gasteiger partial charge in [0.2, 0.25) is 0 Å². The van der Waals surface area contributed by atoms with Crippen molar-refractivity contribution in [3.63, 3.8) is 0 Å². The Morgan fingerprint density at radius 2 is 2.13 bits per heavy atom. The lowest BCUT2D eigenvalue weighted by Crippen LogP contribution is -2.10. The molecule has 1 heterocycles. The maximum Gasteiger partial charge on any atom is 0.309 e. The minimum Gasteiger partial charge on any atom is -0.481 e. The number of carboxylic acids is 1. The van der Waals surface area contributed by atoms with Gasteiger partial charge in [-0.3, -0.25) is 4.79 Å². The highest BCUT2D eigenvalue weighted by Gasteiger charge is 2.18. The average Bonchev–Trinajstić information content (AvgIpc) is 2.09. The van der Waals surface area contributed by atoms with Crippen LogP contribution in [-0.4, -0.2) is 16.1 Å². The van der Waals surface area contributed by atoms with E-state index in [1.165, 1.54) is 0 Å². The van der Waals surface area contributed by atoms with Crippen LogP contribution in [0.4, 0.5) is 20.3 Å². The molecule has 5 nitrogen and oxygen atoms in total. The van der Waals surface area contributed by atoms with E-state index in [9.17, 15) is 13.6 Å². The van der Waals surface area contributed by atoms with E-state index in [2.05, 4.69) is 4.98 Å². The minimum absolute atomic E-state index is 0.0839. The predicted molar refractivity (Wildman–Crippen MR) is 49.4 cm³/mol. The third-order valence-electron chi connectivity index (χ3n) is 1.75. The SMILES string of the molecule is Nc1cc(C(F)F)c(CC(=O)O)nc1N. The number of hydrogen-bond acceptors (Lipinski definition) is 4. The van der Waals surface area contributed by atoms with Gasteiger partial charge in [0, 0.05) is 5.56 Å². The normalized spacial score (nSPS) is 10.6. The number of alkyl halides is 2. The number of pyridine rings is 1. The Kier molecular flexibility index (Phi) is 3.03. The summed E-state index contributed by atoms with van der Waals surface area (Å²) in [5, 5.41) is 8.48. The van der Waals surface area contributed by atoms with Crippen molar-refractivity contribution in [3.8, 4) is 0 Å². The van der Waals surface area contributed by atoms with Crippen LogP contribution in [0.15, 0.2) is 6.07 Å². The lowest BCUT2D eigenvalue weighted by atomic mass is 10.1. The Morgan fingerprint density at radius 1 is 1.53 bits per heavy atom. The van der Waals surface area contributed by atoms with Gasteiger partial charge in [0.25, 0.3) is 6.43 Å². The summed E-state index contributed by atoms with van der Waals surface area (Å²) in [5.41, 5.74) is 9.74. The van der Waals surface area contributed by atoms with Crippen LogP contribution in [0, 0.1) is 0 Å². The molecule has 1 rings (SSSR count). The molecule has 0 spiro atoms. The molecule has 1 aromatic rings. The quantitative estimate of drug-likeness (QED) is 0.695. The molecule has 5 N–H and O–H groups in total. The van der Waals surface area contributed by atoms with Gasteiger partial charge in [-0.15, -0.1) is 0 Å². The Balaban J connectivity index is 3.21. The monoisotopic (exact) mass is 217 g/mol. The topological polar surface area (TPSA) is 102 Å². The van der Waals surface area contributed by atoms with Crippen molar-refractivity contribution < 1.29 is 18.7 Å². The molecular formula is C8H9F2N3O2. The molecule has 0 bridgehead atoms. The smallest absolute Gasteiger partial charge is 0.309 e. The van der Waals surface area contributed by atoms with E-state index in [-0.39, 0.29) is 17.2 Å². The summed E-state index contributed by atoms with van der Waals surface area (Å²) in [6.07, 6.45) is -3.43. The zero-order chi connectivity index (χ0) is 11.6. The second-order valence-electron chi connectivity index (χ2n) is 2.87. The zero-order valence-corrected chi connectivity index (χ0v) is 7.58. The number of halogens is 2. The third-order valence-corrected chi connectivity index (χ3v) is 1.75. The summed E-state index contributed by atoms with van der Waals surface area (Å²) in [7, 11) is 0. The summed E-state index contributed by atoms with van der Waals surface area (Å²) >= 11 is 0. The fourth-order valence-corrected chi connectivity index (χ4v) is 1.07. The summed E-state index contributed by atoms with van der Waals surface area (Å²) in [6, 6.07) is 0.950. The Labute approximate surface area is 83.7 Å². The predicted octanol–water partition coefficient (Wildman–Crippen LogP) is 0.811. The van der Waals surface area contributed by atoms with Crippen molar-refractivity contribution in [3.05, 3.63) is 17.3 Å². The second kappa shape index (κ2) is 4.07. The molecule has 15 heavy (non-hydrogen) atoms. The molecule has 0 aliphatic rings. The number of aromatic nitrogens is 1. The van der Waals surface area contributed by atoms with Crippen molar-refractivity contribution in [2.45, 2.75) is 12.8 Å². The second-order valence-corrected chi connectivity index (χ2v) is 2.87. The summed E-state index contributed by atoms with van der Waals surface area (Å²) < 4.78 is 24.9. The van der Waals surface area contributed by atoms with Crippen LogP contribution in [0.3, 0.4) is 0 Å². The molecule has 7 heteroatoms. The highest BCUT2D eigenvalue weighted by molar-refractivity contribution is 5.71. The van der Waals surface area contributed by atoms with Crippen LogP contribution in [-0.2, 0) is 11.2 Å². The Morgan fingerprint density at radius 3 is 2.60 bits per heavy atom. The fourth-order valence-electron chi connectivity index (χ4n) is 1.07. The fraction of sp³-hybridized carbons (Fsp3) is 0.250. The van der Waals surface area contributed by atoms with E-state index in [4.69, 9.17) is 16.6 Å². The maximum absolute atomic E-state index is 12.5. The zero-order valence-electron chi connectivity index (χ0n) is 7.58. The molecule has 0 amide bonds. The lowest BCUT2D eigenvalue weighted by Gasteiger charge is -2.08. The number of nitrogens with zero attached hydrogens (tertiary/aromatic N) is 1. The maximum atomic E-state index is 12.5. The first-order chi connectivity index (χ1) is 6.91. The highest BCUT2D eigenvalue weighted by atomic mass is 19.3. The third kappa shape index (κ3) is 2.52.